The Bertz CT molecular complexity index is 1080. The maximum absolute atomic E-state index is 14.7. The van der Waals surface area contributed by atoms with Crippen LogP contribution in [0.15, 0.2) is 18.2 Å². The highest BCUT2D eigenvalue weighted by molar-refractivity contribution is 7.72. The number of rotatable bonds is 8. The molecule has 2 aromatic rings. The van der Waals surface area contributed by atoms with Crippen LogP contribution in [0.4, 0.5) is 4.39 Å². The van der Waals surface area contributed by atoms with E-state index < -0.39 is 39.8 Å². The van der Waals surface area contributed by atoms with Crippen LogP contribution in [0, 0.1) is 11.2 Å². The first-order valence-electron chi connectivity index (χ1n) is 10.6. The van der Waals surface area contributed by atoms with E-state index in [1.807, 2.05) is 0 Å². The second-order valence-electron chi connectivity index (χ2n) is 8.85. The molecule has 1 fully saturated rings. The molecule has 0 spiro atoms. The molecule has 1 aromatic heterocycles. The number of ether oxygens (including phenoxy) is 2. The molecule has 1 saturated heterocycles. The average molecular weight is 485 g/mol. The topological polar surface area (TPSA) is 129 Å². The van der Waals surface area contributed by atoms with Gasteiger partial charge in [0.15, 0.2) is 5.69 Å². The summed E-state index contributed by atoms with van der Waals surface area (Å²) in [6, 6.07) is 3.38. The molecular weight excluding hydrogens is 455 g/mol. The number of fused-ring (bicyclic) bond motifs is 1. The number of nitrogens with one attached hydrogen (secondary N) is 2. The molecular formula is C21H29FN4O6S. The lowest BCUT2D eigenvalue weighted by molar-refractivity contribution is -0.125. The maximum Gasteiger partial charge on any atom is 0.273 e. The lowest BCUT2D eigenvalue weighted by Crippen LogP contribution is -2.54. The van der Waals surface area contributed by atoms with Gasteiger partial charge in [0, 0.05) is 11.9 Å². The molecule has 0 aliphatic carbocycles. The fourth-order valence-electron chi connectivity index (χ4n) is 3.58. The molecule has 1 aliphatic heterocycles. The zero-order valence-electron chi connectivity index (χ0n) is 18.8. The Morgan fingerprint density at radius 3 is 2.70 bits per heavy atom. The Balaban J connectivity index is 1.86. The molecule has 0 bridgehead atoms. The standard InChI is InChI=1S/C21H29FN4O6S/c1-21(2,3)18(20(28)23-7-10-33(29)30)24-19(27)16-14-5-4-6-15(22)17(14)26(25-16)11-13-12-31-8-9-32-13/h4-6,13,18,33H,7-12H2,1-3H3,(H,23,28)(H,24,27)/t13-,18?/m0/s1. The molecule has 0 saturated carbocycles. The first kappa shape index (κ1) is 25.1. The Morgan fingerprint density at radius 1 is 1.30 bits per heavy atom. The van der Waals surface area contributed by atoms with Crippen molar-refractivity contribution < 1.29 is 31.9 Å². The van der Waals surface area contributed by atoms with E-state index in [4.69, 9.17) is 9.47 Å². The quantitative estimate of drug-likeness (QED) is 0.465. The summed E-state index contributed by atoms with van der Waals surface area (Å²) < 4.78 is 48.6. The van der Waals surface area contributed by atoms with Crippen LogP contribution in [0.2, 0.25) is 0 Å². The number of thiol groups is 1. The van der Waals surface area contributed by atoms with Crippen molar-refractivity contribution in [2.75, 3.05) is 32.1 Å². The van der Waals surface area contributed by atoms with E-state index >= 15 is 0 Å². The monoisotopic (exact) mass is 484 g/mol. The van der Waals surface area contributed by atoms with E-state index in [9.17, 15) is 22.4 Å². The molecule has 1 aliphatic rings. The van der Waals surface area contributed by atoms with Gasteiger partial charge in [0.05, 0.1) is 32.1 Å². The van der Waals surface area contributed by atoms with Crippen LogP contribution < -0.4 is 10.6 Å². The average Bonchev–Trinajstić information content (AvgIpc) is 3.11. The number of carbonyl (C=O) groups excluding carboxylic acids is 2. The lowest BCUT2D eigenvalue weighted by Gasteiger charge is -2.30. The number of hydrogen-bond acceptors (Lipinski definition) is 7. The number of nitrogens with zero attached hydrogens (tertiary/aromatic N) is 2. The SMILES string of the molecule is CC(C)(C)C(NC(=O)c1nn(C[C@H]2COCCO2)c2c(F)cccc12)C(=O)NCC[SH](=O)=O. The lowest BCUT2D eigenvalue weighted by atomic mass is 9.86. The Hall–Kier alpha value is -2.57. The van der Waals surface area contributed by atoms with Gasteiger partial charge in [-0.1, -0.05) is 32.9 Å². The van der Waals surface area contributed by atoms with Crippen molar-refractivity contribution >= 4 is 33.4 Å². The molecule has 12 heteroatoms. The van der Waals surface area contributed by atoms with Gasteiger partial charge in [0.2, 0.25) is 5.91 Å². The van der Waals surface area contributed by atoms with E-state index in [0.29, 0.717) is 25.2 Å². The van der Waals surface area contributed by atoms with Crippen molar-refractivity contribution in [3.05, 3.63) is 29.7 Å². The maximum atomic E-state index is 14.7. The van der Waals surface area contributed by atoms with Crippen LogP contribution in [-0.2, 0) is 31.5 Å². The summed E-state index contributed by atoms with van der Waals surface area (Å²) in [7, 11) is -2.63. The summed E-state index contributed by atoms with van der Waals surface area (Å²) in [5, 5.41) is 9.86. The normalized spacial score (nSPS) is 17.8. The molecule has 0 radical (unpaired) electrons. The molecule has 33 heavy (non-hydrogen) atoms. The molecule has 2 heterocycles. The second-order valence-corrected chi connectivity index (χ2v) is 9.97. The van der Waals surface area contributed by atoms with Gasteiger partial charge in [0.1, 0.15) is 34.2 Å². The minimum absolute atomic E-state index is 0.0223. The molecule has 3 rings (SSSR count). The largest absolute Gasteiger partial charge is 0.376 e. The van der Waals surface area contributed by atoms with Gasteiger partial charge in [-0.3, -0.25) is 14.3 Å². The summed E-state index contributed by atoms with van der Waals surface area (Å²) in [6.07, 6.45) is -0.335. The van der Waals surface area contributed by atoms with Crippen molar-refractivity contribution in [1.82, 2.24) is 20.4 Å². The van der Waals surface area contributed by atoms with Crippen LogP contribution in [0.3, 0.4) is 0 Å². The highest BCUT2D eigenvalue weighted by atomic mass is 32.2. The number of para-hydroxylation sites is 1. The second kappa shape index (κ2) is 10.6. The van der Waals surface area contributed by atoms with Crippen LogP contribution in [0.5, 0.6) is 0 Å². The first-order valence-corrected chi connectivity index (χ1v) is 12.0. The number of aromatic nitrogens is 2. The predicted octanol–water partition coefficient (Wildman–Crippen LogP) is 0.463. The van der Waals surface area contributed by atoms with Gasteiger partial charge < -0.3 is 20.1 Å². The molecule has 1 aromatic carbocycles. The van der Waals surface area contributed by atoms with Gasteiger partial charge in [0.25, 0.3) is 5.91 Å². The van der Waals surface area contributed by atoms with E-state index in [2.05, 4.69) is 15.7 Å². The van der Waals surface area contributed by atoms with E-state index in [1.165, 1.54) is 16.8 Å². The summed E-state index contributed by atoms with van der Waals surface area (Å²) in [4.78, 5) is 25.9. The number of benzene rings is 1. The highest BCUT2D eigenvalue weighted by Gasteiger charge is 2.34. The Labute approximate surface area is 192 Å². The number of halogens is 1. The molecule has 2 amide bonds. The zero-order chi connectivity index (χ0) is 24.2. The van der Waals surface area contributed by atoms with Gasteiger partial charge >= 0.3 is 0 Å². The summed E-state index contributed by atoms with van der Waals surface area (Å²) in [5.74, 6) is -1.90. The van der Waals surface area contributed by atoms with Crippen molar-refractivity contribution in [3.8, 4) is 0 Å². The van der Waals surface area contributed by atoms with Crippen molar-refractivity contribution in [1.29, 1.82) is 0 Å². The van der Waals surface area contributed by atoms with Gasteiger partial charge in [-0.15, -0.1) is 0 Å². The van der Waals surface area contributed by atoms with E-state index in [-0.39, 0.29) is 36.2 Å². The molecule has 182 valence electrons. The fourth-order valence-corrected chi connectivity index (χ4v) is 3.87. The number of carbonyl (C=O) groups is 2. The number of amides is 2. The number of hydrogen-bond donors (Lipinski definition) is 3. The van der Waals surface area contributed by atoms with Gasteiger partial charge in [-0.05, 0) is 11.5 Å². The minimum Gasteiger partial charge on any atom is -0.376 e. The third-order valence-electron chi connectivity index (χ3n) is 5.19. The summed E-state index contributed by atoms with van der Waals surface area (Å²) in [5.41, 5.74) is -0.546. The van der Waals surface area contributed by atoms with Crippen LogP contribution >= 0.6 is 0 Å². The zero-order valence-corrected chi connectivity index (χ0v) is 19.7. The van der Waals surface area contributed by atoms with E-state index in [1.54, 1.807) is 26.8 Å². The van der Waals surface area contributed by atoms with Gasteiger partial charge in [-0.25, -0.2) is 12.8 Å². The van der Waals surface area contributed by atoms with Crippen molar-refractivity contribution in [3.63, 3.8) is 0 Å². The molecule has 1 unspecified atom stereocenters. The first-order chi connectivity index (χ1) is 15.6. The van der Waals surface area contributed by atoms with Crippen molar-refractivity contribution in [2.24, 2.45) is 5.41 Å². The van der Waals surface area contributed by atoms with E-state index in [0.717, 1.165) is 0 Å². The minimum atomic E-state index is -2.63. The fraction of sp³-hybridized carbons (Fsp3) is 0.571. The van der Waals surface area contributed by atoms with Crippen LogP contribution in [-0.4, -0.2) is 74.3 Å². The van der Waals surface area contributed by atoms with Crippen molar-refractivity contribution in [2.45, 2.75) is 39.5 Å². The Morgan fingerprint density at radius 2 is 2.06 bits per heavy atom. The third kappa shape index (κ3) is 6.27. The van der Waals surface area contributed by atoms with Crippen LogP contribution in [0.1, 0.15) is 31.3 Å². The third-order valence-corrected chi connectivity index (χ3v) is 5.78. The smallest absolute Gasteiger partial charge is 0.273 e. The van der Waals surface area contributed by atoms with Gasteiger partial charge in [-0.2, -0.15) is 5.10 Å². The summed E-state index contributed by atoms with van der Waals surface area (Å²) in [6.45, 7) is 6.67. The molecule has 10 nitrogen and oxygen atoms in total. The molecule has 2 atom stereocenters. The summed E-state index contributed by atoms with van der Waals surface area (Å²) >= 11 is 0. The molecule has 2 N–H and O–H groups in total. The highest BCUT2D eigenvalue weighted by Crippen LogP contribution is 2.24. The van der Waals surface area contributed by atoms with Crippen LogP contribution in [0.25, 0.3) is 10.9 Å². The Kier molecular flexibility index (Phi) is 8.03. The predicted molar refractivity (Wildman–Crippen MR) is 119 cm³/mol.